The number of amides is 1. The number of nitrogens with zero attached hydrogens (tertiary/aromatic N) is 4. The topological polar surface area (TPSA) is 66.8 Å². The standard InChI is InChI=1S/C22H21N5O/c1-26-21(15-5-3-2-4-6-15)17-9-11-27(12-10-18(17)25-26)22(28)16-7-8-19-20(13-16)24-14-23-19/h2-8,13-14H,9-12H2,1H3,(H,23,24). The molecule has 0 fully saturated rings. The Labute approximate surface area is 162 Å². The first-order valence-corrected chi connectivity index (χ1v) is 9.53. The van der Waals surface area contributed by atoms with E-state index in [1.165, 1.54) is 11.1 Å². The fourth-order valence-electron chi connectivity index (χ4n) is 4.10. The molecule has 3 heterocycles. The van der Waals surface area contributed by atoms with E-state index in [0.29, 0.717) is 18.7 Å². The van der Waals surface area contributed by atoms with E-state index >= 15 is 0 Å². The Morgan fingerprint density at radius 3 is 2.75 bits per heavy atom. The molecule has 0 spiro atoms. The number of hydrogen-bond acceptors (Lipinski definition) is 3. The molecule has 1 N–H and O–H groups in total. The van der Waals surface area contributed by atoms with Crippen molar-refractivity contribution in [2.45, 2.75) is 12.8 Å². The third-order valence-electron chi connectivity index (χ3n) is 5.48. The largest absolute Gasteiger partial charge is 0.345 e. The number of aromatic nitrogens is 4. The molecule has 0 radical (unpaired) electrons. The number of carbonyl (C=O) groups excluding carboxylic acids is 1. The number of benzene rings is 2. The van der Waals surface area contributed by atoms with Crippen molar-refractivity contribution in [3.8, 4) is 11.3 Å². The van der Waals surface area contributed by atoms with E-state index < -0.39 is 0 Å². The van der Waals surface area contributed by atoms with Gasteiger partial charge in [-0.25, -0.2) is 4.98 Å². The monoisotopic (exact) mass is 371 g/mol. The highest BCUT2D eigenvalue weighted by Crippen LogP contribution is 2.28. The van der Waals surface area contributed by atoms with Gasteiger partial charge in [-0.2, -0.15) is 5.10 Å². The number of carbonyl (C=O) groups is 1. The summed E-state index contributed by atoms with van der Waals surface area (Å²) in [4.78, 5) is 22.3. The van der Waals surface area contributed by atoms with Gasteiger partial charge in [0.25, 0.3) is 5.91 Å². The van der Waals surface area contributed by atoms with Crippen molar-refractivity contribution in [2.24, 2.45) is 7.05 Å². The lowest BCUT2D eigenvalue weighted by Gasteiger charge is -2.20. The molecule has 1 aliphatic heterocycles. The van der Waals surface area contributed by atoms with E-state index in [-0.39, 0.29) is 5.91 Å². The molecular formula is C22H21N5O. The van der Waals surface area contributed by atoms with Crippen LogP contribution in [0.1, 0.15) is 21.6 Å². The van der Waals surface area contributed by atoms with Crippen LogP contribution in [0.2, 0.25) is 0 Å². The third-order valence-corrected chi connectivity index (χ3v) is 5.48. The van der Waals surface area contributed by atoms with Gasteiger partial charge in [-0.05, 0) is 24.6 Å². The van der Waals surface area contributed by atoms with Gasteiger partial charge in [0.2, 0.25) is 0 Å². The maximum atomic E-state index is 13.1. The first-order valence-electron chi connectivity index (χ1n) is 9.53. The van der Waals surface area contributed by atoms with Crippen molar-refractivity contribution in [3.05, 3.63) is 71.7 Å². The molecule has 0 unspecified atom stereocenters. The molecule has 1 amide bonds. The predicted molar refractivity (Wildman–Crippen MR) is 108 cm³/mol. The van der Waals surface area contributed by atoms with Crippen LogP contribution in [0.3, 0.4) is 0 Å². The van der Waals surface area contributed by atoms with Gasteiger partial charge in [0.1, 0.15) is 0 Å². The Hall–Kier alpha value is -3.41. The molecule has 4 aromatic rings. The Balaban J connectivity index is 1.42. The van der Waals surface area contributed by atoms with Crippen molar-refractivity contribution in [1.29, 1.82) is 0 Å². The second-order valence-electron chi connectivity index (χ2n) is 7.19. The number of fused-ring (bicyclic) bond motifs is 2. The van der Waals surface area contributed by atoms with Crippen molar-refractivity contribution in [1.82, 2.24) is 24.6 Å². The van der Waals surface area contributed by atoms with Gasteiger partial charge >= 0.3 is 0 Å². The van der Waals surface area contributed by atoms with Gasteiger partial charge in [-0.3, -0.25) is 9.48 Å². The first kappa shape index (κ1) is 16.7. The summed E-state index contributed by atoms with van der Waals surface area (Å²) in [5.41, 5.74) is 7.13. The normalized spacial score (nSPS) is 14.1. The fourth-order valence-corrected chi connectivity index (χ4v) is 4.10. The summed E-state index contributed by atoms with van der Waals surface area (Å²) in [6, 6.07) is 16.0. The number of aryl methyl sites for hydroxylation is 1. The Bertz CT molecular complexity index is 1160. The third kappa shape index (κ3) is 2.78. The fraction of sp³-hybridized carbons (Fsp3) is 0.227. The van der Waals surface area contributed by atoms with Crippen LogP contribution in [-0.4, -0.2) is 43.6 Å². The van der Waals surface area contributed by atoms with Crippen LogP contribution in [0.15, 0.2) is 54.9 Å². The summed E-state index contributed by atoms with van der Waals surface area (Å²) < 4.78 is 1.98. The summed E-state index contributed by atoms with van der Waals surface area (Å²) in [5, 5.41) is 4.75. The molecule has 0 atom stereocenters. The van der Waals surface area contributed by atoms with Crippen LogP contribution in [0, 0.1) is 0 Å². The molecule has 2 aromatic heterocycles. The number of rotatable bonds is 2. The van der Waals surface area contributed by atoms with Gasteiger partial charge in [0, 0.05) is 43.2 Å². The number of hydrogen-bond donors (Lipinski definition) is 1. The highest BCUT2D eigenvalue weighted by atomic mass is 16.2. The Kier molecular flexibility index (Phi) is 3.97. The number of aromatic amines is 1. The van der Waals surface area contributed by atoms with Gasteiger partial charge in [0.15, 0.2) is 0 Å². The minimum absolute atomic E-state index is 0.0623. The smallest absolute Gasteiger partial charge is 0.253 e. The lowest BCUT2D eigenvalue weighted by Crippen LogP contribution is -2.33. The molecule has 5 rings (SSSR count). The lowest BCUT2D eigenvalue weighted by molar-refractivity contribution is 0.0763. The van der Waals surface area contributed by atoms with E-state index in [0.717, 1.165) is 35.3 Å². The molecule has 0 saturated heterocycles. The van der Waals surface area contributed by atoms with Crippen LogP contribution < -0.4 is 0 Å². The average Bonchev–Trinajstić information content (AvgIpc) is 3.25. The SMILES string of the molecule is Cn1nc2c(c1-c1ccccc1)CCN(C(=O)c1ccc3nc[nH]c3c1)CC2. The lowest BCUT2D eigenvalue weighted by atomic mass is 10.0. The van der Waals surface area contributed by atoms with Crippen LogP contribution in [0.5, 0.6) is 0 Å². The van der Waals surface area contributed by atoms with Gasteiger partial charge in [-0.1, -0.05) is 30.3 Å². The van der Waals surface area contributed by atoms with Gasteiger partial charge < -0.3 is 9.88 Å². The summed E-state index contributed by atoms with van der Waals surface area (Å²) in [6.45, 7) is 1.37. The summed E-state index contributed by atoms with van der Waals surface area (Å²) in [7, 11) is 2.00. The number of nitrogens with one attached hydrogen (secondary N) is 1. The zero-order chi connectivity index (χ0) is 19.1. The van der Waals surface area contributed by atoms with Crippen LogP contribution >= 0.6 is 0 Å². The van der Waals surface area contributed by atoms with Crippen molar-refractivity contribution in [2.75, 3.05) is 13.1 Å². The minimum Gasteiger partial charge on any atom is -0.345 e. The highest BCUT2D eigenvalue weighted by Gasteiger charge is 2.25. The van der Waals surface area contributed by atoms with E-state index in [1.807, 2.05) is 53.0 Å². The van der Waals surface area contributed by atoms with E-state index in [4.69, 9.17) is 5.10 Å². The zero-order valence-electron chi connectivity index (χ0n) is 15.7. The maximum absolute atomic E-state index is 13.1. The van der Waals surface area contributed by atoms with Crippen LogP contribution in [0.4, 0.5) is 0 Å². The molecule has 0 saturated carbocycles. The summed E-state index contributed by atoms with van der Waals surface area (Å²) in [5.74, 6) is 0.0623. The number of imidazole rings is 1. The Morgan fingerprint density at radius 2 is 1.89 bits per heavy atom. The second kappa shape index (κ2) is 6.64. The molecule has 6 heteroatoms. The molecule has 0 aliphatic carbocycles. The second-order valence-corrected chi connectivity index (χ2v) is 7.19. The van der Waals surface area contributed by atoms with Crippen LogP contribution in [-0.2, 0) is 19.9 Å². The zero-order valence-corrected chi connectivity index (χ0v) is 15.7. The van der Waals surface area contributed by atoms with E-state index in [2.05, 4.69) is 22.1 Å². The molecule has 28 heavy (non-hydrogen) atoms. The van der Waals surface area contributed by atoms with E-state index in [1.54, 1.807) is 6.33 Å². The summed E-state index contributed by atoms with van der Waals surface area (Å²) in [6.07, 6.45) is 3.23. The molecule has 0 bridgehead atoms. The molecule has 2 aromatic carbocycles. The minimum atomic E-state index is 0.0623. The van der Waals surface area contributed by atoms with E-state index in [9.17, 15) is 4.79 Å². The van der Waals surface area contributed by atoms with Crippen LogP contribution in [0.25, 0.3) is 22.3 Å². The molecule has 140 valence electrons. The summed E-state index contributed by atoms with van der Waals surface area (Å²) >= 11 is 0. The quantitative estimate of drug-likeness (QED) is 0.588. The van der Waals surface area contributed by atoms with Crippen molar-refractivity contribution < 1.29 is 4.79 Å². The predicted octanol–water partition coefficient (Wildman–Crippen LogP) is 3.20. The Morgan fingerprint density at radius 1 is 1.07 bits per heavy atom. The van der Waals surface area contributed by atoms with Crippen molar-refractivity contribution in [3.63, 3.8) is 0 Å². The van der Waals surface area contributed by atoms with Crippen molar-refractivity contribution >= 4 is 16.9 Å². The molecular weight excluding hydrogens is 350 g/mol. The maximum Gasteiger partial charge on any atom is 0.253 e. The highest BCUT2D eigenvalue weighted by molar-refractivity contribution is 5.97. The molecule has 6 nitrogen and oxygen atoms in total. The molecule has 1 aliphatic rings. The van der Waals surface area contributed by atoms with Gasteiger partial charge in [-0.15, -0.1) is 0 Å². The first-order chi connectivity index (χ1) is 13.7. The number of H-pyrrole nitrogens is 1. The average molecular weight is 371 g/mol. The van der Waals surface area contributed by atoms with Gasteiger partial charge in [0.05, 0.1) is 28.7 Å².